The third-order valence-corrected chi connectivity index (χ3v) is 6.14. The summed E-state index contributed by atoms with van der Waals surface area (Å²) in [6.45, 7) is 3.42. The van der Waals surface area contributed by atoms with Crippen molar-refractivity contribution in [2.75, 3.05) is 4.90 Å². The van der Waals surface area contributed by atoms with E-state index in [1.54, 1.807) is 45.4 Å². The number of nitrogens with one attached hydrogen (secondary N) is 1. The Hall–Kier alpha value is -4.27. The highest BCUT2D eigenvalue weighted by molar-refractivity contribution is 6.22. The second kappa shape index (κ2) is 7.90. The van der Waals surface area contributed by atoms with Crippen LogP contribution in [0.4, 0.5) is 14.5 Å². The molecule has 0 bridgehead atoms. The van der Waals surface area contributed by atoms with Gasteiger partial charge in [-0.2, -0.15) is 0 Å². The molecule has 1 saturated heterocycles. The molecule has 0 spiro atoms. The van der Waals surface area contributed by atoms with E-state index in [2.05, 4.69) is 4.98 Å². The van der Waals surface area contributed by atoms with Gasteiger partial charge in [0.15, 0.2) is 11.6 Å². The van der Waals surface area contributed by atoms with Crippen LogP contribution in [0.2, 0.25) is 0 Å². The van der Waals surface area contributed by atoms with Gasteiger partial charge < -0.3 is 14.3 Å². The minimum absolute atomic E-state index is 0.0715. The number of nitrogens with zero attached hydrogens (tertiary/aromatic N) is 2. The van der Waals surface area contributed by atoms with E-state index in [0.717, 1.165) is 11.0 Å². The number of aromatic nitrogens is 2. The Morgan fingerprint density at radius 1 is 0.971 bits per heavy atom. The van der Waals surface area contributed by atoms with E-state index in [-0.39, 0.29) is 35.3 Å². The zero-order valence-corrected chi connectivity index (χ0v) is 19.2. The number of amides is 2. The maximum absolute atomic E-state index is 14.4. The van der Waals surface area contributed by atoms with Crippen LogP contribution in [0.3, 0.4) is 0 Å². The molecule has 1 aliphatic heterocycles. The molecule has 0 atom stereocenters. The Kier molecular flexibility index (Phi) is 5.08. The number of benzene rings is 2. The van der Waals surface area contributed by atoms with Crippen LogP contribution in [-0.2, 0) is 16.6 Å². The first-order valence-electron chi connectivity index (χ1n) is 10.9. The summed E-state index contributed by atoms with van der Waals surface area (Å²) in [5, 5.41) is 0.578. The van der Waals surface area contributed by atoms with Crippen LogP contribution in [0, 0.1) is 17.0 Å². The van der Waals surface area contributed by atoms with Gasteiger partial charge >= 0.3 is 0 Å². The highest BCUT2D eigenvalue weighted by Gasteiger charge is 2.45. The number of hydrogen-bond donors (Lipinski definition) is 1. The summed E-state index contributed by atoms with van der Waals surface area (Å²) in [4.78, 5) is 42.3. The maximum Gasteiger partial charge on any atom is 0.274 e. The number of ether oxygens (including phenoxy) is 1. The number of rotatable bonds is 4. The minimum atomic E-state index is -0.890. The number of carbonyl (C=O) groups is 2. The van der Waals surface area contributed by atoms with Crippen LogP contribution in [0.15, 0.2) is 59.7 Å². The number of H-pyrrole nitrogens is 1. The summed E-state index contributed by atoms with van der Waals surface area (Å²) < 4.78 is 35.0. The predicted octanol–water partition coefficient (Wildman–Crippen LogP) is 4.89. The van der Waals surface area contributed by atoms with Crippen molar-refractivity contribution >= 4 is 28.4 Å². The molecular weight excluding hydrogens is 456 g/mol. The van der Waals surface area contributed by atoms with Gasteiger partial charge in [-0.3, -0.25) is 19.3 Å². The molecule has 4 aromatic rings. The van der Waals surface area contributed by atoms with Gasteiger partial charge in [0, 0.05) is 48.4 Å². The number of anilines is 1. The third kappa shape index (κ3) is 3.69. The van der Waals surface area contributed by atoms with Gasteiger partial charge in [0.1, 0.15) is 17.1 Å². The molecule has 0 saturated carbocycles. The summed E-state index contributed by atoms with van der Waals surface area (Å²) in [7, 11) is 1.59. The first-order chi connectivity index (χ1) is 16.6. The molecule has 2 amide bonds. The molecule has 1 fully saturated rings. The molecule has 9 heteroatoms. The van der Waals surface area contributed by atoms with Gasteiger partial charge in [-0.1, -0.05) is 13.8 Å². The lowest BCUT2D eigenvalue weighted by molar-refractivity contribution is -0.124. The van der Waals surface area contributed by atoms with Gasteiger partial charge in [-0.15, -0.1) is 0 Å². The largest absolute Gasteiger partial charge is 0.454 e. The summed E-state index contributed by atoms with van der Waals surface area (Å²) in [6.07, 6.45) is 3.29. The molecule has 1 aliphatic rings. The fourth-order valence-corrected chi connectivity index (χ4v) is 4.33. The Labute approximate surface area is 198 Å². The molecule has 5 rings (SSSR count). The second-order valence-corrected chi connectivity index (χ2v) is 9.18. The van der Waals surface area contributed by atoms with Gasteiger partial charge in [-0.25, -0.2) is 8.78 Å². The molecular formula is C26H21F2N3O4. The van der Waals surface area contributed by atoms with Crippen molar-refractivity contribution in [2.45, 2.75) is 20.3 Å². The van der Waals surface area contributed by atoms with Crippen molar-refractivity contribution in [3.8, 4) is 22.6 Å². The SMILES string of the molecule is Cn1cc(-c2cc(N3C(=O)CC(C)(C)C3=O)ccc2Oc2ccc(F)cc2F)c2cc[nH]c2c1=O. The summed E-state index contributed by atoms with van der Waals surface area (Å²) in [5.74, 6) is -2.32. The van der Waals surface area contributed by atoms with E-state index in [4.69, 9.17) is 4.74 Å². The summed E-state index contributed by atoms with van der Waals surface area (Å²) in [5.41, 5.74) is 0.559. The highest BCUT2D eigenvalue weighted by atomic mass is 19.1. The number of imide groups is 1. The van der Waals surface area contributed by atoms with E-state index in [1.807, 2.05) is 0 Å². The number of hydrogen-bond acceptors (Lipinski definition) is 4. The Balaban J connectivity index is 1.73. The quantitative estimate of drug-likeness (QED) is 0.424. The summed E-state index contributed by atoms with van der Waals surface area (Å²) in [6, 6.07) is 9.33. The predicted molar refractivity (Wildman–Crippen MR) is 126 cm³/mol. The number of halogens is 2. The Morgan fingerprint density at radius 3 is 2.40 bits per heavy atom. The number of carbonyl (C=O) groups excluding carboxylic acids is 2. The average Bonchev–Trinajstić information content (AvgIpc) is 3.36. The molecule has 178 valence electrons. The second-order valence-electron chi connectivity index (χ2n) is 9.18. The standard InChI is InChI=1S/C26H21F2N3O4/c1-26(2)12-22(32)31(25(26)34)15-5-7-20(35-21-6-4-14(27)10-19(21)28)17(11-15)18-13-30(3)24(33)23-16(18)8-9-29-23/h4-11,13,29H,12H2,1-3H3. The lowest BCUT2D eigenvalue weighted by atomic mass is 9.92. The fourth-order valence-electron chi connectivity index (χ4n) is 4.33. The number of fused-ring (bicyclic) bond motifs is 1. The number of pyridine rings is 1. The Morgan fingerprint density at radius 2 is 1.71 bits per heavy atom. The van der Waals surface area contributed by atoms with Gasteiger partial charge in [-0.05, 0) is 36.4 Å². The van der Waals surface area contributed by atoms with Crippen molar-refractivity contribution in [3.05, 3.63) is 76.8 Å². The van der Waals surface area contributed by atoms with Crippen LogP contribution in [-0.4, -0.2) is 21.4 Å². The van der Waals surface area contributed by atoms with E-state index < -0.39 is 17.0 Å². The zero-order valence-electron chi connectivity index (χ0n) is 19.2. The maximum atomic E-state index is 14.4. The molecule has 2 aromatic carbocycles. The van der Waals surface area contributed by atoms with E-state index in [1.165, 1.54) is 22.8 Å². The molecule has 7 nitrogen and oxygen atoms in total. The minimum Gasteiger partial charge on any atom is -0.454 e. The molecule has 35 heavy (non-hydrogen) atoms. The van der Waals surface area contributed by atoms with E-state index in [0.29, 0.717) is 33.8 Å². The lowest BCUT2D eigenvalue weighted by Crippen LogP contribution is -2.32. The zero-order chi connectivity index (χ0) is 25.1. The molecule has 0 radical (unpaired) electrons. The molecule has 1 N–H and O–H groups in total. The normalized spacial score (nSPS) is 15.3. The first kappa shape index (κ1) is 22.5. The van der Waals surface area contributed by atoms with Crippen LogP contribution in [0.5, 0.6) is 11.5 Å². The molecule has 2 aromatic heterocycles. The number of aromatic amines is 1. The van der Waals surface area contributed by atoms with Crippen molar-refractivity contribution in [1.29, 1.82) is 0 Å². The van der Waals surface area contributed by atoms with E-state index >= 15 is 0 Å². The van der Waals surface area contributed by atoms with Crippen molar-refractivity contribution in [3.63, 3.8) is 0 Å². The first-order valence-corrected chi connectivity index (χ1v) is 10.9. The van der Waals surface area contributed by atoms with Crippen LogP contribution in [0.25, 0.3) is 22.0 Å². The van der Waals surface area contributed by atoms with Crippen LogP contribution in [0.1, 0.15) is 20.3 Å². The van der Waals surface area contributed by atoms with E-state index in [9.17, 15) is 23.2 Å². The lowest BCUT2D eigenvalue weighted by Gasteiger charge is -2.20. The van der Waals surface area contributed by atoms with Crippen molar-refractivity contribution in [1.82, 2.24) is 9.55 Å². The summed E-state index contributed by atoms with van der Waals surface area (Å²) >= 11 is 0. The number of aryl methyl sites for hydroxylation is 1. The Bertz CT molecular complexity index is 1590. The molecule has 0 aliphatic carbocycles. The van der Waals surface area contributed by atoms with Crippen LogP contribution >= 0.6 is 0 Å². The smallest absolute Gasteiger partial charge is 0.274 e. The van der Waals surface area contributed by atoms with Crippen LogP contribution < -0.4 is 15.2 Å². The third-order valence-electron chi connectivity index (χ3n) is 6.14. The molecule has 0 unspecified atom stereocenters. The fraction of sp³-hybridized carbons (Fsp3) is 0.192. The van der Waals surface area contributed by atoms with Crippen molar-refractivity contribution < 1.29 is 23.1 Å². The van der Waals surface area contributed by atoms with Crippen molar-refractivity contribution in [2.24, 2.45) is 12.5 Å². The van der Waals surface area contributed by atoms with Gasteiger partial charge in [0.25, 0.3) is 5.56 Å². The van der Waals surface area contributed by atoms with Gasteiger partial charge in [0.2, 0.25) is 11.8 Å². The highest BCUT2D eigenvalue weighted by Crippen LogP contribution is 2.42. The molecule has 3 heterocycles. The van der Waals surface area contributed by atoms with Gasteiger partial charge in [0.05, 0.1) is 11.1 Å². The monoisotopic (exact) mass is 477 g/mol. The average molecular weight is 477 g/mol. The topological polar surface area (TPSA) is 84.4 Å².